The first-order chi connectivity index (χ1) is 20.8. The molecular weight excluding hydrogens is 573 g/mol. The molecule has 2 aliphatic rings. The van der Waals surface area contributed by atoms with Gasteiger partial charge in [0.05, 0.1) is 39.5 Å². The molecule has 5 rings (SSSR count). The molecule has 1 fully saturated rings. The van der Waals surface area contributed by atoms with Gasteiger partial charge in [-0.3, -0.25) is 9.99 Å². The summed E-state index contributed by atoms with van der Waals surface area (Å²) in [7, 11) is 1.72. The normalized spacial score (nSPS) is 17.0. The van der Waals surface area contributed by atoms with Crippen molar-refractivity contribution < 1.29 is 17.6 Å². The Kier molecular flexibility index (Phi) is 7.57. The van der Waals surface area contributed by atoms with Crippen molar-refractivity contribution >= 4 is 30.1 Å². The first-order valence-electron chi connectivity index (χ1n) is 13.8. The molecule has 1 aliphatic carbocycles. The van der Waals surface area contributed by atoms with Crippen LogP contribution in [-0.4, -0.2) is 36.1 Å². The van der Waals surface area contributed by atoms with Crippen LogP contribution in [-0.2, 0) is 5.44 Å². The molecule has 1 aliphatic heterocycles. The molecule has 1 saturated carbocycles. The minimum absolute atomic E-state index is 0.0684. The molecule has 0 radical (unpaired) electrons. The second kappa shape index (κ2) is 10.9. The van der Waals surface area contributed by atoms with Gasteiger partial charge in [-0.1, -0.05) is 26.0 Å². The first-order valence-corrected chi connectivity index (χ1v) is 13.8. The Morgan fingerprint density at radius 3 is 2.34 bits per heavy atom. The Morgan fingerprint density at radius 1 is 1.07 bits per heavy atom. The van der Waals surface area contributed by atoms with E-state index in [1.807, 2.05) is 13.8 Å². The molecule has 14 heteroatoms. The van der Waals surface area contributed by atoms with Gasteiger partial charge in [-0.25, -0.2) is 4.39 Å². The summed E-state index contributed by atoms with van der Waals surface area (Å²) in [4.78, 5) is 4.36. The van der Waals surface area contributed by atoms with Gasteiger partial charge in [-0.05, 0) is 48.1 Å². The summed E-state index contributed by atoms with van der Waals surface area (Å²) < 4.78 is 55.7. The SMILES string of the molecule is BC(Nc1cc(C#N)c2ncc(C#N)c(NCC(C)(C)CC#N)c2c1)(C1=CN(C2(C(F)(F)F)CC2)NN1)c1ccc(F)cc1. The van der Waals surface area contributed by atoms with E-state index in [4.69, 9.17) is 0 Å². The number of hydrogen-bond donors (Lipinski definition) is 4. The van der Waals surface area contributed by atoms with Crippen molar-refractivity contribution in [1.29, 1.82) is 15.8 Å². The number of pyridine rings is 1. The average molecular weight is 601 g/mol. The van der Waals surface area contributed by atoms with Gasteiger partial charge >= 0.3 is 6.18 Å². The molecule has 2 aromatic carbocycles. The van der Waals surface area contributed by atoms with Crippen LogP contribution < -0.4 is 21.6 Å². The highest BCUT2D eigenvalue weighted by molar-refractivity contribution is 6.19. The zero-order chi connectivity index (χ0) is 31.9. The summed E-state index contributed by atoms with van der Waals surface area (Å²) in [6.07, 6.45) is -1.62. The topological polar surface area (TPSA) is 136 Å². The molecular formula is C30H28BF4N9. The second-order valence-corrected chi connectivity index (χ2v) is 12.0. The fraction of sp³-hybridized carbons (Fsp3) is 0.333. The van der Waals surface area contributed by atoms with Crippen LogP contribution in [0.1, 0.15) is 49.8 Å². The number of hydrogen-bond acceptors (Lipinski definition) is 9. The lowest BCUT2D eigenvalue weighted by atomic mass is 9.69. The van der Waals surface area contributed by atoms with Crippen LogP contribution in [0, 0.1) is 45.2 Å². The summed E-state index contributed by atoms with van der Waals surface area (Å²) in [6.45, 7) is 4.16. The zero-order valence-corrected chi connectivity index (χ0v) is 24.2. The summed E-state index contributed by atoms with van der Waals surface area (Å²) >= 11 is 0. The van der Waals surface area contributed by atoms with Crippen molar-refractivity contribution in [3.63, 3.8) is 0 Å². The predicted molar refractivity (Wildman–Crippen MR) is 158 cm³/mol. The third kappa shape index (κ3) is 5.43. The molecule has 3 aromatic rings. The third-order valence-electron chi connectivity index (χ3n) is 8.15. The largest absolute Gasteiger partial charge is 0.413 e. The van der Waals surface area contributed by atoms with Gasteiger partial charge in [-0.2, -0.15) is 29.0 Å². The highest BCUT2D eigenvalue weighted by Gasteiger charge is 2.67. The van der Waals surface area contributed by atoms with Gasteiger partial charge < -0.3 is 16.1 Å². The fourth-order valence-electron chi connectivity index (χ4n) is 5.28. The molecule has 0 bridgehead atoms. The Hall–Kier alpha value is -5.00. The van der Waals surface area contributed by atoms with Crippen LogP contribution in [0.4, 0.5) is 28.9 Å². The van der Waals surface area contributed by atoms with Crippen LogP contribution in [0.3, 0.4) is 0 Å². The predicted octanol–water partition coefficient (Wildman–Crippen LogP) is 4.63. The zero-order valence-electron chi connectivity index (χ0n) is 24.2. The van der Waals surface area contributed by atoms with E-state index in [2.05, 4.69) is 44.8 Å². The van der Waals surface area contributed by atoms with Crippen molar-refractivity contribution in [2.45, 2.75) is 50.3 Å². The monoisotopic (exact) mass is 601 g/mol. The number of nitriles is 3. The summed E-state index contributed by atoms with van der Waals surface area (Å²) in [5.74, 6) is -0.485. The van der Waals surface area contributed by atoms with Crippen molar-refractivity contribution in [3.8, 4) is 18.2 Å². The van der Waals surface area contributed by atoms with E-state index in [0.29, 0.717) is 40.1 Å². The maximum absolute atomic E-state index is 13.9. The number of benzene rings is 2. The maximum Gasteiger partial charge on any atom is 0.413 e. The molecule has 224 valence electrons. The molecule has 0 saturated heterocycles. The van der Waals surface area contributed by atoms with Gasteiger partial charge in [0.1, 0.15) is 25.8 Å². The highest BCUT2D eigenvalue weighted by Crippen LogP contribution is 2.54. The van der Waals surface area contributed by atoms with E-state index in [1.165, 1.54) is 36.7 Å². The van der Waals surface area contributed by atoms with Crippen LogP contribution in [0.2, 0.25) is 0 Å². The number of rotatable bonds is 9. The smallest absolute Gasteiger partial charge is 0.383 e. The molecule has 2 heterocycles. The number of anilines is 2. The minimum Gasteiger partial charge on any atom is -0.383 e. The summed E-state index contributed by atoms with van der Waals surface area (Å²) in [5, 5.41) is 37.2. The fourth-order valence-corrected chi connectivity index (χ4v) is 5.28. The molecule has 9 nitrogen and oxygen atoms in total. The van der Waals surface area contributed by atoms with Crippen LogP contribution in [0.25, 0.3) is 10.9 Å². The van der Waals surface area contributed by atoms with Crippen molar-refractivity contribution in [3.05, 3.63) is 77.0 Å². The van der Waals surface area contributed by atoms with Crippen molar-refractivity contribution in [2.75, 3.05) is 17.2 Å². The van der Waals surface area contributed by atoms with Gasteiger partial charge in [0.15, 0.2) is 5.54 Å². The third-order valence-corrected chi connectivity index (χ3v) is 8.15. The number of aromatic nitrogens is 1. The number of fused-ring (bicyclic) bond motifs is 1. The maximum atomic E-state index is 13.9. The Balaban J connectivity index is 1.62. The number of alkyl halides is 3. The Morgan fingerprint density at radius 2 is 1.75 bits per heavy atom. The molecule has 1 aromatic heterocycles. The lowest BCUT2D eigenvalue weighted by Gasteiger charge is -2.34. The lowest BCUT2D eigenvalue weighted by Crippen LogP contribution is -2.53. The van der Waals surface area contributed by atoms with E-state index in [-0.39, 0.29) is 30.4 Å². The molecule has 4 N–H and O–H groups in total. The van der Waals surface area contributed by atoms with Crippen molar-refractivity contribution in [2.24, 2.45) is 5.41 Å². The van der Waals surface area contributed by atoms with E-state index in [1.54, 1.807) is 20.0 Å². The summed E-state index contributed by atoms with van der Waals surface area (Å²) in [6, 6.07) is 15.2. The molecule has 1 unspecified atom stereocenters. The number of hydrazine groups is 2. The highest BCUT2D eigenvalue weighted by atomic mass is 19.4. The number of nitrogens with one attached hydrogen (secondary N) is 4. The Labute approximate surface area is 252 Å². The van der Waals surface area contributed by atoms with Gasteiger partial charge in [0, 0.05) is 36.4 Å². The molecule has 1 atom stereocenters. The quantitative estimate of drug-likeness (QED) is 0.205. The number of nitrogens with zero attached hydrogens (tertiary/aromatic N) is 5. The molecule has 0 amide bonds. The molecule has 0 spiro atoms. The van der Waals surface area contributed by atoms with E-state index in [0.717, 1.165) is 5.01 Å². The lowest BCUT2D eigenvalue weighted by molar-refractivity contribution is -0.195. The van der Waals surface area contributed by atoms with E-state index in [9.17, 15) is 33.3 Å². The van der Waals surface area contributed by atoms with E-state index >= 15 is 0 Å². The number of halogens is 4. The standard InChI is InChI=1S/C30H28BF4N9/c1-27(2,9-10-36)17-40-26-19(14-38)15-39-25-18(13-37)11-22(12-23(25)26)41-29(31,20-3-5-21(32)6-4-20)24-16-44(43-42-24)28(7-8-28)30(33,34)35/h3-6,11-12,15-16,41-43H,7-9,17,31H2,1-2H3,(H,39,40). The van der Waals surface area contributed by atoms with E-state index < -0.39 is 28.4 Å². The summed E-state index contributed by atoms with van der Waals surface area (Å²) in [5.41, 5.74) is 4.21. The average Bonchev–Trinajstić information content (AvgIpc) is 3.65. The minimum atomic E-state index is -4.47. The van der Waals surface area contributed by atoms with Gasteiger partial charge in [0.25, 0.3) is 0 Å². The van der Waals surface area contributed by atoms with Crippen LogP contribution >= 0.6 is 0 Å². The van der Waals surface area contributed by atoms with Crippen LogP contribution in [0.15, 0.2) is 54.5 Å². The van der Waals surface area contributed by atoms with Gasteiger partial charge in [0.2, 0.25) is 0 Å². The van der Waals surface area contributed by atoms with Crippen molar-refractivity contribution in [1.82, 2.24) is 21.0 Å². The van der Waals surface area contributed by atoms with Crippen LogP contribution in [0.5, 0.6) is 0 Å². The first kappa shape index (κ1) is 30.5. The second-order valence-electron chi connectivity index (χ2n) is 12.0. The molecule has 44 heavy (non-hydrogen) atoms. The van der Waals surface area contributed by atoms with Gasteiger partial charge in [-0.15, -0.1) is 5.53 Å². The Bertz CT molecular complexity index is 1760.